The largest absolute Gasteiger partial charge is 0.534 e. The molecule has 19 heavy (non-hydrogen) atoms. The fourth-order valence-electron chi connectivity index (χ4n) is 1.64. The lowest BCUT2D eigenvalue weighted by Gasteiger charge is -2.20. The van der Waals surface area contributed by atoms with E-state index in [1.807, 2.05) is 0 Å². The maximum Gasteiger partial charge on any atom is 0.534 e. The van der Waals surface area contributed by atoms with Crippen LogP contribution in [0, 0.1) is 5.82 Å². The van der Waals surface area contributed by atoms with Crippen LogP contribution in [0.3, 0.4) is 0 Å². The first-order valence-electron chi connectivity index (χ1n) is 5.17. The molecule has 0 aliphatic carbocycles. The van der Waals surface area contributed by atoms with E-state index >= 15 is 0 Å². The van der Waals surface area contributed by atoms with Crippen LogP contribution in [0.5, 0.6) is 11.5 Å². The van der Waals surface area contributed by atoms with E-state index in [9.17, 15) is 26.0 Å². The fourth-order valence-corrected chi connectivity index (χ4v) is 2.13. The Morgan fingerprint density at radius 1 is 1.26 bits per heavy atom. The van der Waals surface area contributed by atoms with Crippen LogP contribution in [0.1, 0.15) is 12.0 Å². The smallest absolute Gasteiger partial charge is 0.490 e. The zero-order valence-electron chi connectivity index (χ0n) is 9.33. The normalized spacial score (nSPS) is 15.6. The lowest BCUT2D eigenvalue weighted by molar-refractivity contribution is -0.0500. The van der Waals surface area contributed by atoms with Crippen molar-refractivity contribution in [1.29, 1.82) is 0 Å². The third-order valence-electron chi connectivity index (χ3n) is 2.47. The number of benzene rings is 1. The molecule has 9 heteroatoms. The zero-order chi connectivity index (χ0) is 14.3. The number of ether oxygens (including phenoxy) is 1. The average Bonchev–Trinajstić information content (AvgIpc) is 2.32. The minimum absolute atomic E-state index is 0.0147. The lowest BCUT2D eigenvalue weighted by atomic mass is 10.1. The second kappa shape index (κ2) is 4.55. The first-order chi connectivity index (χ1) is 8.72. The Morgan fingerprint density at radius 2 is 1.95 bits per heavy atom. The number of hydrogen-bond donors (Lipinski definition) is 0. The molecule has 106 valence electrons. The molecule has 4 nitrogen and oxygen atoms in total. The highest BCUT2D eigenvalue weighted by Crippen LogP contribution is 2.37. The van der Waals surface area contributed by atoms with E-state index in [4.69, 9.17) is 4.74 Å². The van der Waals surface area contributed by atoms with E-state index in [0.717, 1.165) is 12.1 Å². The van der Waals surface area contributed by atoms with Crippen molar-refractivity contribution in [2.75, 3.05) is 6.61 Å². The molecule has 0 unspecified atom stereocenters. The molecule has 1 aromatic rings. The minimum Gasteiger partial charge on any atom is -0.490 e. The van der Waals surface area contributed by atoms with Crippen LogP contribution in [0.15, 0.2) is 12.1 Å². The fraction of sp³-hybridized carbons (Fsp3) is 0.400. The summed E-state index contributed by atoms with van der Waals surface area (Å²) in [5.74, 6) is -1.60. The van der Waals surface area contributed by atoms with Crippen LogP contribution in [-0.4, -0.2) is 20.5 Å². The van der Waals surface area contributed by atoms with Gasteiger partial charge in [0.2, 0.25) is 0 Å². The molecule has 0 saturated heterocycles. The number of halogens is 4. The van der Waals surface area contributed by atoms with Crippen LogP contribution in [0.2, 0.25) is 0 Å². The molecule has 0 amide bonds. The molecular formula is C10H8F4O4S. The van der Waals surface area contributed by atoms with Gasteiger partial charge in [0.25, 0.3) is 0 Å². The van der Waals surface area contributed by atoms with Crippen molar-refractivity contribution in [3.63, 3.8) is 0 Å². The van der Waals surface area contributed by atoms with Gasteiger partial charge >= 0.3 is 15.6 Å². The topological polar surface area (TPSA) is 52.6 Å². The van der Waals surface area contributed by atoms with Crippen molar-refractivity contribution >= 4 is 10.1 Å². The molecule has 0 atom stereocenters. The molecule has 0 bridgehead atoms. The summed E-state index contributed by atoms with van der Waals surface area (Å²) >= 11 is 0. The molecule has 0 saturated carbocycles. The van der Waals surface area contributed by atoms with Gasteiger partial charge < -0.3 is 8.92 Å². The Balaban J connectivity index is 2.43. The van der Waals surface area contributed by atoms with E-state index in [1.54, 1.807) is 0 Å². The van der Waals surface area contributed by atoms with Crippen LogP contribution in [0.25, 0.3) is 0 Å². The maximum atomic E-state index is 13.4. The van der Waals surface area contributed by atoms with Crippen molar-refractivity contribution in [2.45, 2.75) is 18.3 Å². The lowest BCUT2D eigenvalue weighted by Crippen LogP contribution is -2.28. The molecule has 1 aromatic carbocycles. The van der Waals surface area contributed by atoms with Gasteiger partial charge in [-0.05, 0) is 25.0 Å². The summed E-state index contributed by atoms with van der Waals surface area (Å²) in [4.78, 5) is 0. The Labute approximate surface area is 106 Å². The number of fused-ring (bicyclic) bond motifs is 1. The summed E-state index contributed by atoms with van der Waals surface area (Å²) in [5, 5.41) is 0. The number of alkyl halides is 3. The monoisotopic (exact) mass is 300 g/mol. The van der Waals surface area contributed by atoms with E-state index in [1.165, 1.54) is 0 Å². The van der Waals surface area contributed by atoms with Gasteiger partial charge in [-0.1, -0.05) is 0 Å². The predicted octanol–water partition coefficient (Wildman–Crippen LogP) is 2.38. The van der Waals surface area contributed by atoms with Crippen LogP contribution >= 0.6 is 0 Å². The van der Waals surface area contributed by atoms with Gasteiger partial charge in [-0.15, -0.1) is 0 Å². The first kappa shape index (κ1) is 13.9. The summed E-state index contributed by atoms with van der Waals surface area (Å²) in [6, 6.07) is 1.64. The van der Waals surface area contributed by atoms with Crippen LogP contribution in [0.4, 0.5) is 17.6 Å². The van der Waals surface area contributed by atoms with Crippen LogP contribution in [-0.2, 0) is 16.5 Å². The second-order valence-corrected chi connectivity index (χ2v) is 5.33. The van der Waals surface area contributed by atoms with E-state index in [0.29, 0.717) is 6.42 Å². The molecule has 1 aliphatic heterocycles. The van der Waals surface area contributed by atoms with Gasteiger partial charge in [-0.2, -0.15) is 21.6 Å². The van der Waals surface area contributed by atoms with Gasteiger partial charge in [-0.25, -0.2) is 4.39 Å². The standard InChI is InChI=1S/C10H8F4O4S/c11-7-3-4-8(6-2-1-5-17-9(6)7)18-19(15,16)10(12,13)14/h3-4H,1-2,5H2. The maximum absolute atomic E-state index is 13.4. The summed E-state index contributed by atoms with van der Waals surface area (Å²) in [7, 11) is -5.78. The summed E-state index contributed by atoms with van der Waals surface area (Å²) in [6.07, 6.45) is 0.606. The molecule has 0 fully saturated rings. The third kappa shape index (κ3) is 2.60. The van der Waals surface area contributed by atoms with Gasteiger partial charge in [-0.3, -0.25) is 0 Å². The zero-order valence-corrected chi connectivity index (χ0v) is 10.1. The minimum atomic E-state index is -5.78. The Hall–Kier alpha value is -1.51. The predicted molar refractivity (Wildman–Crippen MR) is 55.8 cm³/mol. The first-order valence-corrected chi connectivity index (χ1v) is 6.58. The highest BCUT2D eigenvalue weighted by molar-refractivity contribution is 7.88. The van der Waals surface area contributed by atoms with Crippen molar-refractivity contribution in [1.82, 2.24) is 0 Å². The van der Waals surface area contributed by atoms with Crippen molar-refractivity contribution in [2.24, 2.45) is 0 Å². The molecule has 0 radical (unpaired) electrons. The molecule has 1 aliphatic rings. The Kier molecular flexibility index (Phi) is 3.33. The van der Waals surface area contributed by atoms with Gasteiger partial charge in [0.15, 0.2) is 11.6 Å². The number of rotatable bonds is 2. The average molecular weight is 300 g/mol. The molecule has 0 N–H and O–H groups in total. The summed E-state index contributed by atoms with van der Waals surface area (Å²) < 4.78 is 80.8. The molecular weight excluding hydrogens is 292 g/mol. The van der Waals surface area contributed by atoms with E-state index in [2.05, 4.69) is 4.18 Å². The van der Waals surface area contributed by atoms with Crippen molar-refractivity contribution in [3.8, 4) is 11.5 Å². The quantitative estimate of drug-likeness (QED) is 0.478. The highest BCUT2D eigenvalue weighted by Gasteiger charge is 2.49. The molecule has 1 heterocycles. The van der Waals surface area contributed by atoms with Crippen molar-refractivity contribution < 1.29 is 34.9 Å². The SMILES string of the molecule is O=S(=O)(Oc1ccc(F)c2c1CCCO2)C(F)(F)F. The van der Waals surface area contributed by atoms with E-state index in [-0.39, 0.29) is 24.3 Å². The molecule has 2 rings (SSSR count). The summed E-state index contributed by atoms with van der Waals surface area (Å²) in [6.45, 7) is 0.208. The van der Waals surface area contributed by atoms with Gasteiger partial charge in [0, 0.05) is 5.56 Å². The Morgan fingerprint density at radius 3 is 2.58 bits per heavy atom. The van der Waals surface area contributed by atoms with Crippen molar-refractivity contribution in [3.05, 3.63) is 23.5 Å². The molecule has 0 spiro atoms. The second-order valence-electron chi connectivity index (χ2n) is 3.79. The summed E-state index contributed by atoms with van der Waals surface area (Å²) in [5.41, 5.74) is -5.55. The third-order valence-corrected chi connectivity index (χ3v) is 3.44. The Bertz CT molecular complexity index is 594. The van der Waals surface area contributed by atoms with Gasteiger partial charge in [0.05, 0.1) is 6.61 Å². The highest BCUT2D eigenvalue weighted by atomic mass is 32.2. The molecule has 0 aromatic heterocycles. The number of hydrogen-bond acceptors (Lipinski definition) is 4. The van der Waals surface area contributed by atoms with Gasteiger partial charge in [0.1, 0.15) is 5.75 Å². The van der Waals surface area contributed by atoms with E-state index < -0.39 is 27.2 Å². The van der Waals surface area contributed by atoms with Crippen LogP contribution < -0.4 is 8.92 Å².